The van der Waals surface area contributed by atoms with Crippen LogP contribution in [0.2, 0.25) is 5.02 Å². The second-order valence-corrected chi connectivity index (χ2v) is 4.59. The summed E-state index contributed by atoms with van der Waals surface area (Å²) in [6, 6.07) is 17.1. The van der Waals surface area contributed by atoms with Crippen LogP contribution in [0.1, 0.15) is 16.7 Å². The largest absolute Gasteiger partial charge is 0.397 e. The van der Waals surface area contributed by atoms with Gasteiger partial charge in [0.05, 0.1) is 11.3 Å². The van der Waals surface area contributed by atoms with Crippen molar-refractivity contribution in [2.24, 2.45) is 5.73 Å². The van der Waals surface area contributed by atoms with Gasteiger partial charge >= 0.3 is 0 Å². The van der Waals surface area contributed by atoms with Crippen LogP contribution in [0, 0.1) is 18.3 Å². The maximum atomic E-state index is 9.35. The van der Waals surface area contributed by atoms with Crippen molar-refractivity contribution >= 4 is 22.9 Å². The molecule has 0 aliphatic rings. The predicted molar refractivity (Wildman–Crippen MR) is 79.2 cm³/mol. The van der Waals surface area contributed by atoms with Crippen LogP contribution in [-0.4, -0.2) is 0 Å². The number of halogens is 1. The lowest BCUT2D eigenvalue weighted by atomic mass is 9.98. The average Bonchev–Trinajstić information content (AvgIpc) is 2.44. The third kappa shape index (κ3) is 2.62. The highest BCUT2D eigenvalue weighted by Gasteiger charge is 2.11. The van der Waals surface area contributed by atoms with Crippen molar-refractivity contribution in [1.82, 2.24) is 0 Å². The summed E-state index contributed by atoms with van der Waals surface area (Å²) >= 11 is 6.09. The van der Waals surface area contributed by atoms with Crippen molar-refractivity contribution in [1.29, 1.82) is 5.26 Å². The van der Waals surface area contributed by atoms with Crippen molar-refractivity contribution in [3.05, 3.63) is 70.2 Å². The average molecular weight is 269 g/mol. The molecule has 0 saturated carbocycles. The molecular weight excluding hydrogens is 256 g/mol. The third-order valence-electron chi connectivity index (χ3n) is 3.00. The molecule has 0 unspecified atom stereocenters. The molecule has 0 aliphatic carbocycles. The molecule has 94 valence electrons. The standard InChI is InChI=1S/C16H13ClN2/c1-11-13(8-5-9-15(11)17)16(19)14(10-18)12-6-3-2-4-7-12/h2-9H,19H2,1H3/b16-14+. The molecule has 0 amide bonds. The van der Waals surface area contributed by atoms with Gasteiger partial charge in [0.1, 0.15) is 6.07 Å². The zero-order valence-electron chi connectivity index (χ0n) is 10.5. The van der Waals surface area contributed by atoms with Gasteiger partial charge in [-0.3, -0.25) is 0 Å². The van der Waals surface area contributed by atoms with Crippen LogP contribution in [0.4, 0.5) is 0 Å². The number of nitrogens with two attached hydrogens (primary N) is 1. The Morgan fingerprint density at radius 3 is 2.42 bits per heavy atom. The van der Waals surface area contributed by atoms with Crippen LogP contribution >= 0.6 is 11.6 Å². The molecule has 0 spiro atoms. The van der Waals surface area contributed by atoms with Crippen molar-refractivity contribution in [3.63, 3.8) is 0 Å². The molecule has 0 heterocycles. The summed E-state index contributed by atoms with van der Waals surface area (Å²) in [5, 5.41) is 9.99. The molecule has 2 rings (SSSR count). The summed E-state index contributed by atoms with van der Waals surface area (Å²) in [5.41, 5.74) is 9.55. The summed E-state index contributed by atoms with van der Waals surface area (Å²) in [6.07, 6.45) is 0. The first-order valence-corrected chi connectivity index (χ1v) is 6.23. The zero-order valence-corrected chi connectivity index (χ0v) is 11.3. The lowest BCUT2D eigenvalue weighted by Gasteiger charge is -2.10. The molecule has 0 atom stereocenters. The Morgan fingerprint density at radius 2 is 1.79 bits per heavy atom. The Labute approximate surface area is 117 Å². The molecule has 0 saturated heterocycles. The SMILES string of the molecule is Cc1c(Cl)cccc1/C(N)=C(/C#N)c1ccccc1. The molecule has 0 radical (unpaired) electrons. The highest BCUT2D eigenvalue weighted by atomic mass is 35.5. The predicted octanol–water partition coefficient (Wildman–Crippen LogP) is 4.00. The Morgan fingerprint density at radius 1 is 1.11 bits per heavy atom. The fourth-order valence-electron chi connectivity index (χ4n) is 1.92. The highest BCUT2D eigenvalue weighted by molar-refractivity contribution is 6.31. The van der Waals surface area contributed by atoms with E-state index in [1.807, 2.05) is 55.5 Å². The Kier molecular flexibility index (Phi) is 3.89. The van der Waals surface area contributed by atoms with Gasteiger partial charge in [-0.2, -0.15) is 5.26 Å². The van der Waals surface area contributed by atoms with E-state index in [1.54, 1.807) is 0 Å². The number of rotatable bonds is 2. The van der Waals surface area contributed by atoms with Crippen LogP contribution < -0.4 is 5.73 Å². The number of nitriles is 1. The molecule has 0 aromatic heterocycles. The summed E-state index contributed by atoms with van der Waals surface area (Å²) in [4.78, 5) is 0. The fourth-order valence-corrected chi connectivity index (χ4v) is 2.09. The van der Waals surface area contributed by atoms with E-state index < -0.39 is 0 Å². The minimum Gasteiger partial charge on any atom is -0.397 e. The molecule has 3 heteroatoms. The molecule has 0 bridgehead atoms. The highest BCUT2D eigenvalue weighted by Crippen LogP contribution is 2.27. The first kappa shape index (κ1) is 13.2. The molecule has 2 aromatic carbocycles. The summed E-state index contributed by atoms with van der Waals surface area (Å²) in [5.74, 6) is 0. The maximum absolute atomic E-state index is 9.35. The second kappa shape index (κ2) is 5.60. The van der Waals surface area contributed by atoms with Gasteiger partial charge in [-0.15, -0.1) is 0 Å². The van der Waals surface area contributed by atoms with E-state index in [4.69, 9.17) is 17.3 Å². The van der Waals surface area contributed by atoms with Gasteiger partial charge in [0.2, 0.25) is 0 Å². The summed E-state index contributed by atoms with van der Waals surface area (Å²) < 4.78 is 0. The van der Waals surface area contributed by atoms with E-state index in [0.29, 0.717) is 16.3 Å². The van der Waals surface area contributed by atoms with Gasteiger partial charge in [-0.05, 0) is 24.1 Å². The van der Waals surface area contributed by atoms with Crippen molar-refractivity contribution in [2.75, 3.05) is 0 Å². The Bertz CT molecular complexity index is 667. The van der Waals surface area contributed by atoms with Gasteiger partial charge in [0.15, 0.2) is 0 Å². The monoisotopic (exact) mass is 268 g/mol. The fraction of sp³-hybridized carbons (Fsp3) is 0.0625. The molecule has 19 heavy (non-hydrogen) atoms. The molecule has 2 nitrogen and oxygen atoms in total. The van der Waals surface area contributed by atoms with Crippen LogP contribution in [0.3, 0.4) is 0 Å². The van der Waals surface area contributed by atoms with Gasteiger partial charge in [0.25, 0.3) is 0 Å². The third-order valence-corrected chi connectivity index (χ3v) is 3.41. The van der Waals surface area contributed by atoms with Gasteiger partial charge in [-0.1, -0.05) is 54.1 Å². The lowest BCUT2D eigenvalue weighted by molar-refractivity contribution is 1.39. The molecule has 2 aromatic rings. The topological polar surface area (TPSA) is 49.8 Å². The first-order chi connectivity index (χ1) is 9.15. The van der Waals surface area contributed by atoms with Gasteiger partial charge < -0.3 is 5.73 Å². The molecule has 2 N–H and O–H groups in total. The minimum atomic E-state index is 0.453. The maximum Gasteiger partial charge on any atom is 0.102 e. The lowest BCUT2D eigenvalue weighted by Crippen LogP contribution is -2.03. The van der Waals surface area contributed by atoms with E-state index in [9.17, 15) is 5.26 Å². The van der Waals surface area contributed by atoms with Crippen LogP contribution in [0.5, 0.6) is 0 Å². The number of hydrogen-bond acceptors (Lipinski definition) is 2. The summed E-state index contributed by atoms with van der Waals surface area (Å²) in [6.45, 7) is 1.89. The van der Waals surface area contributed by atoms with Crippen molar-refractivity contribution < 1.29 is 0 Å². The molecule has 0 aliphatic heterocycles. The minimum absolute atomic E-state index is 0.453. The van der Waals surface area contributed by atoms with E-state index in [-0.39, 0.29) is 0 Å². The number of nitrogens with zero attached hydrogens (tertiary/aromatic N) is 1. The van der Waals surface area contributed by atoms with Crippen LogP contribution in [0.25, 0.3) is 11.3 Å². The zero-order chi connectivity index (χ0) is 13.8. The number of benzene rings is 2. The molecular formula is C16H13ClN2. The van der Waals surface area contributed by atoms with E-state index >= 15 is 0 Å². The normalized spacial score (nSPS) is 11.6. The first-order valence-electron chi connectivity index (χ1n) is 5.86. The van der Waals surface area contributed by atoms with Crippen LogP contribution in [0.15, 0.2) is 48.5 Å². The number of allylic oxidation sites excluding steroid dienone is 1. The summed E-state index contributed by atoms with van der Waals surface area (Å²) in [7, 11) is 0. The van der Waals surface area contributed by atoms with E-state index in [1.165, 1.54) is 0 Å². The Hall–Kier alpha value is -2.24. The van der Waals surface area contributed by atoms with Gasteiger partial charge in [-0.25, -0.2) is 0 Å². The van der Waals surface area contributed by atoms with Gasteiger partial charge in [0, 0.05) is 10.6 Å². The van der Waals surface area contributed by atoms with Crippen LogP contribution in [-0.2, 0) is 0 Å². The molecule has 0 fully saturated rings. The van der Waals surface area contributed by atoms with E-state index in [0.717, 1.165) is 16.7 Å². The van der Waals surface area contributed by atoms with Crippen molar-refractivity contribution in [2.45, 2.75) is 6.92 Å². The number of hydrogen-bond donors (Lipinski definition) is 1. The second-order valence-electron chi connectivity index (χ2n) is 4.18. The van der Waals surface area contributed by atoms with E-state index in [2.05, 4.69) is 6.07 Å². The smallest absolute Gasteiger partial charge is 0.102 e. The Balaban J connectivity index is 2.63. The quantitative estimate of drug-likeness (QED) is 0.661. The van der Waals surface area contributed by atoms with Crippen molar-refractivity contribution in [3.8, 4) is 6.07 Å².